The van der Waals surface area contributed by atoms with Gasteiger partial charge in [-0.25, -0.2) is 4.79 Å². The fraction of sp³-hybridized carbons (Fsp3) is 0.400. The summed E-state index contributed by atoms with van der Waals surface area (Å²) >= 11 is 5.96. The normalized spacial score (nSPS) is 16.1. The summed E-state index contributed by atoms with van der Waals surface area (Å²) in [5.41, 5.74) is -0.984. The van der Waals surface area contributed by atoms with Crippen molar-refractivity contribution in [3.63, 3.8) is 0 Å². The Balaban J connectivity index is 2.15. The molecular formula is C20H19ClF3N3O5. The lowest BCUT2D eigenvalue weighted by Gasteiger charge is -2.20. The van der Waals surface area contributed by atoms with E-state index in [0.29, 0.717) is 10.5 Å². The maximum atomic E-state index is 13.1. The van der Waals surface area contributed by atoms with Gasteiger partial charge in [0.05, 0.1) is 16.0 Å². The van der Waals surface area contributed by atoms with E-state index in [9.17, 15) is 32.9 Å². The second-order valence-electron chi connectivity index (χ2n) is 8.24. The van der Waals surface area contributed by atoms with Crippen molar-refractivity contribution >= 4 is 51.4 Å². The zero-order valence-electron chi connectivity index (χ0n) is 17.2. The molecule has 0 saturated heterocycles. The van der Waals surface area contributed by atoms with Crippen LogP contribution < -0.4 is 10.2 Å². The Morgan fingerprint density at radius 3 is 2.44 bits per heavy atom. The van der Waals surface area contributed by atoms with E-state index >= 15 is 0 Å². The maximum Gasteiger partial charge on any atom is 0.471 e. The smallest absolute Gasteiger partial charge is 0.444 e. The Morgan fingerprint density at radius 1 is 1.25 bits per heavy atom. The summed E-state index contributed by atoms with van der Waals surface area (Å²) in [7, 11) is 0. The number of nitrogens with one attached hydrogen (secondary N) is 1. The van der Waals surface area contributed by atoms with Crippen molar-refractivity contribution in [1.29, 1.82) is 0 Å². The van der Waals surface area contributed by atoms with Crippen molar-refractivity contribution in [3.05, 3.63) is 39.9 Å². The highest BCUT2D eigenvalue weighted by molar-refractivity contribution is 6.19. The average Bonchev–Trinajstić information content (AvgIpc) is 3.02. The molecule has 172 valence electrons. The number of anilines is 2. The molecule has 2 aromatic carbocycles. The maximum absolute atomic E-state index is 13.1. The number of alkyl halides is 4. The number of amides is 2. The number of hydrogen-bond donors (Lipinski definition) is 1. The third-order valence-corrected chi connectivity index (χ3v) is 5.13. The topological polar surface area (TPSA) is 102 Å². The number of halogens is 4. The predicted octanol–water partition coefficient (Wildman–Crippen LogP) is 5.33. The second kappa shape index (κ2) is 8.12. The predicted molar refractivity (Wildman–Crippen MR) is 112 cm³/mol. The van der Waals surface area contributed by atoms with E-state index in [0.717, 1.165) is 6.07 Å². The molecular weight excluding hydrogens is 455 g/mol. The van der Waals surface area contributed by atoms with Gasteiger partial charge < -0.3 is 9.64 Å². The summed E-state index contributed by atoms with van der Waals surface area (Å²) in [6, 6.07) is 5.15. The minimum absolute atomic E-state index is 0.0822. The van der Waals surface area contributed by atoms with Crippen molar-refractivity contribution in [1.82, 2.24) is 0 Å². The molecule has 32 heavy (non-hydrogen) atoms. The quantitative estimate of drug-likeness (QED) is 0.369. The Hall–Kier alpha value is -3.08. The number of hydrogen-bond acceptors (Lipinski definition) is 5. The summed E-state index contributed by atoms with van der Waals surface area (Å²) in [4.78, 5) is 35.4. The van der Waals surface area contributed by atoms with Gasteiger partial charge >= 0.3 is 18.2 Å². The monoisotopic (exact) mass is 473 g/mol. The molecule has 1 N–H and O–H groups in total. The van der Waals surface area contributed by atoms with E-state index in [1.54, 1.807) is 20.8 Å². The molecule has 0 saturated carbocycles. The molecule has 0 bridgehead atoms. The molecule has 1 heterocycles. The minimum atomic E-state index is -5.15. The molecule has 0 aromatic heterocycles. The first kappa shape index (κ1) is 23.6. The van der Waals surface area contributed by atoms with Crippen molar-refractivity contribution in [2.45, 2.75) is 38.5 Å². The van der Waals surface area contributed by atoms with Crippen LogP contribution in [0.25, 0.3) is 10.8 Å². The molecule has 1 aliphatic rings. The van der Waals surface area contributed by atoms with E-state index in [2.05, 4.69) is 5.32 Å². The van der Waals surface area contributed by atoms with Gasteiger partial charge in [0.15, 0.2) is 0 Å². The van der Waals surface area contributed by atoms with Crippen LogP contribution in [0, 0.1) is 10.1 Å². The van der Waals surface area contributed by atoms with Gasteiger partial charge in [0.1, 0.15) is 5.60 Å². The first-order valence-electron chi connectivity index (χ1n) is 9.42. The van der Waals surface area contributed by atoms with E-state index in [1.807, 2.05) is 0 Å². The van der Waals surface area contributed by atoms with Gasteiger partial charge in [-0.05, 0) is 43.9 Å². The van der Waals surface area contributed by atoms with E-state index < -0.39 is 40.3 Å². The molecule has 0 fully saturated rings. The summed E-state index contributed by atoms with van der Waals surface area (Å²) in [5, 5.41) is 14.5. The molecule has 3 rings (SSSR count). The van der Waals surface area contributed by atoms with Crippen LogP contribution in [0.3, 0.4) is 0 Å². The van der Waals surface area contributed by atoms with Crippen LogP contribution in [0.15, 0.2) is 24.3 Å². The van der Waals surface area contributed by atoms with Crippen LogP contribution in [0.5, 0.6) is 0 Å². The number of rotatable bonds is 3. The molecule has 2 aromatic rings. The van der Waals surface area contributed by atoms with E-state index in [4.69, 9.17) is 16.3 Å². The first-order valence-corrected chi connectivity index (χ1v) is 9.96. The number of carbonyl (C=O) groups is 2. The lowest BCUT2D eigenvalue weighted by Crippen LogP contribution is -2.40. The first-order chi connectivity index (χ1) is 14.7. The number of nitro benzene ring substituents is 1. The van der Waals surface area contributed by atoms with Gasteiger partial charge in [-0.3, -0.25) is 20.2 Å². The molecule has 8 nitrogen and oxygen atoms in total. The highest BCUT2D eigenvalue weighted by atomic mass is 35.5. The number of non-ortho nitro benzene ring substituents is 1. The van der Waals surface area contributed by atoms with Crippen LogP contribution in [0.1, 0.15) is 32.3 Å². The number of ether oxygens (including phenoxy) is 1. The van der Waals surface area contributed by atoms with Gasteiger partial charge in [0.2, 0.25) is 0 Å². The molecule has 0 spiro atoms. The van der Waals surface area contributed by atoms with E-state index in [-0.39, 0.29) is 34.6 Å². The van der Waals surface area contributed by atoms with Crippen molar-refractivity contribution in [2.75, 3.05) is 22.6 Å². The second-order valence-corrected chi connectivity index (χ2v) is 8.55. The van der Waals surface area contributed by atoms with Gasteiger partial charge in [0, 0.05) is 30.1 Å². The number of nitrogens with zero attached hydrogens (tertiary/aromatic N) is 2. The Morgan fingerprint density at radius 2 is 1.91 bits per heavy atom. The molecule has 1 aliphatic heterocycles. The summed E-state index contributed by atoms with van der Waals surface area (Å²) < 4.78 is 44.4. The summed E-state index contributed by atoms with van der Waals surface area (Å²) in [6.07, 6.45) is -5.93. The standard InChI is InChI=1S/C20H19ClF3N3O5/c1-19(2,3)32-18(29)25-11-4-5-12-13(6-11)14(27(30)31)7-15-16(12)10(8-21)9-26(15)17(28)20(22,23)24/h4-7,10H,8-9H2,1-3H3,(H,25,29). The van der Waals surface area contributed by atoms with Crippen LogP contribution in [0.4, 0.5) is 35.0 Å². The van der Waals surface area contributed by atoms with Gasteiger partial charge in [0.25, 0.3) is 5.69 Å². The van der Waals surface area contributed by atoms with E-state index in [1.165, 1.54) is 18.2 Å². The molecule has 0 radical (unpaired) electrons. The Labute approximate surface area is 185 Å². The zero-order chi connectivity index (χ0) is 24.0. The fourth-order valence-electron chi connectivity index (χ4n) is 3.60. The highest BCUT2D eigenvalue weighted by Gasteiger charge is 2.47. The van der Waals surface area contributed by atoms with Crippen LogP contribution in [-0.4, -0.2) is 41.1 Å². The SMILES string of the molecule is CC(C)(C)OC(=O)Nc1ccc2c3c(cc([N+](=O)[O-])c2c1)N(C(=O)C(F)(F)F)CC3CCl. The van der Waals surface area contributed by atoms with Gasteiger partial charge in [-0.1, -0.05) is 6.07 Å². The van der Waals surface area contributed by atoms with Crippen molar-refractivity contribution in [3.8, 4) is 0 Å². The molecule has 2 amide bonds. The summed E-state index contributed by atoms with van der Waals surface area (Å²) in [5.74, 6) is -2.88. The fourth-order valence-corrected chi connectivity index (χ4v) is 3.85. The highest BCUT2D eigenvalue weighted by Crippen LogP contribution is 2.47. The average molecular weight is 474 g/mol. The third kappa shape index (κ3) is 4.57. The van der Waals surface area contributed by atoms with Gasteiger partial charge in [-0.2, -0.15) is 13.2 Å². The number of nitro groups is 1. The number of benzene rings is 2. The number of carbonyl (C=O) groups excluding carboxylic acids is 2. The Bertz CT molecular complexity index is 1110. The van der Waals surface area contributed by atoms with Crippen LogP contribution >= 0.6 is 11.6 Å². The number of fused-ring (bicyclic) bond motifs is 3. The van der Waals surface area contributed by atoms with Crippen LogP contribution in [0.2, 0.25) is 0 Å². The van der Waals surface area contributed by atoms with Crippen molar-refractivity contribution in [2.24, 2.45) is 0 Å². The van der Waals surface area contributed by atoms with Gasteiger partial charge in [-0.15, -0.1) is 11.6 Å². The molecule has 12 heteroatoms. The summed E-state index contributed by atoms with van der Waals surface area (Å²) in [6.45, 7) is 4.65. The van der Waals surface area contributed by atoms with Crippen molar-refractivity contribution < 1.29 is 32.4 Å². The molecule has 1 atom stereocenters. The zero-order valence-corrected chi connectivity index (χ0v) is 18.0. The Kier molecular flexibility index (Phi) is 5.98. The minimum Gasteiger partial charge on any atom is -0.444 e. The van der Waals surface area contributed by atoms with Crippen LogP contribution in [-0.2, 0) is 9.53 Å². The third-order valence-electron chi connectivity index (χ3n) is 4.75. The molecule has 0 aliphatic carbocycles. The molecule has 1 unspecified atom stereocenters. The largest absolute Gasteiger partial charge is 0.471 e. The lowest BCUT2D eigenvalue weighted by molar-refractivity contribution is -0.383. The lowest BCUT2D eigenvalue weighted by atomic mass is 9.94.